The fourth-order valence-electron chi connectivity index (χ4n) is 5.11. The van der Waals surface area contributed by atoms with Crippen molar-refractivity contribution in [3.05, 3.63) is 59.7 Å². The third kappa shape index (κ3) is 4.76. The Balaban J connectivity index is 1.27. The van der Waals surface area contributed by atoms with Gasteiger partial charge < -0.3 is 9.47 Å². The number of nitrogens with zero attached hydrogens (tertiary/aromatic N) is 2. The molecule has 2 aliphatic rings. The van der Waals surface area contributed by atoms with E-state index in [4.69, 9.17) is 9.47 Å². The second kappa shape index (κ2) is 9.64. The molecule has 2 aromatic rings. The molecular formula is C25H34N2O2. The van der Waals surface area contributed by atoms with E-state index in [9.17, 15) is 0 Å². The lowest BCUT2D eigenvalue weighted by atomic mass is 9.81. The van der Waals surface area contributed by atoms with Crippen LogP contribution in [0.25, 0.3) is 0 Å². The van der Waals surface area contributed by atoms with Gasteiger partial charge >= 0.3 is 0 Å². The molecule has 4 rings (SSSR count). The number of methoxy groups -OCH3 is 2. The molecule has 0 spiro atoms. The van der Waals surface area contributed by atoms with Gasteiger partial charge in [0.05, 0.1) is 14.2 Å². The van der Waals surface area contributed by atoms with Crippen molar-refractivity contribution in [1.29, 1.82) is 0 Å². The molecule has 29 heavy (non-hydrogen) atoms. The molecule has 0 atom stereocenters. The predicted molar refractivity (Wildman–Crippen MR) is 118 cm³/mol. The van der Waals surface area contributed by atoms with Crippen molar-refractivity contribution in [2.24, 2.45) is 0 Å². The van der Waals surface area contributed by atoms with Gasteiger partial charge in [0.1, 0.15) is 0 Å². The average molecular weight is 395 g/mol. The number of piperazine rings is 1. The van der Waals surface area contributed by atoms with Crippen LogP contribution >= 0.6 is 0 Å². The van der Waals surface area contributed by atoms with Crippen LogP contribution in [0.15, 0.2) is 48.5 Å². The minimum absolute atomic E-state index is 0.759. The van der Waals surface area contributed by atoms with Gasteiger partial charge in [-0.3, -0.25) is 9.80 Å². The highest BCUT2D eigenvalue weighted by Gasteiger charge is 2.29. The average Bonchev–Trinajstić information content (AvgIpc) is 2.80. The summed E-state index contributed by atoms with van der Waals surface area (Å²) in [6, 6.07) is 18.0. The molecule has 4 heteroatoms. The van der Waals surface area contributed by atoms with E-state index in [1.54, 1.807) is 14.2 Å². The highest BCUT2D eigenvalue weighted by Crippen LogP contribution is 2.35. The van der Waals surface area contributed by atoms with E-state index in [1.807, 2.05) is 6.07 Å². The molecule has 0 aromatic heterocycles. The largest absolute Gasteiger partial charge is 0.493 e. The summed E-state index contributed by atoms with van der Waals surface area (Å²) in [4.78, 5) is 5.28. The van der Waals surface area contributed by atoms with E-state index in [0.717, 1.165) is 43.1 Å². The van der Waals surface area contributed by atoms with Crippen molar-refractivity contribution >= 4 is 0 Å². The Hall–Kier alpha value is -2.04. The normalized spacial score (nSPS) is 23.7. The second-order valence-corrected chi connectivity index (χ2v) is 8.38. The molecule has 156 valence electrons. The first-order valence-electron chi connectivity index (χ1n) is 11.0. The summed E-state index contributed by atoms with van der Waals surface area (Å²) in [6.45, 7) is 5.52. The summed E-state index contributed by atoms with van der Waals surface area (Å²) in [5.41, 5.74) is 2.74. The minimum atomic E-state index is 0.759. The number of rotatable bonds is 6. The van der Waals surface area contributed by atoms with Gasteiger partial charge in [-0.05, 0) is 43.2 Å². The fraction of sp³-hybridized carbons (Fsp3) is 0.520. The standard InChI is InChI=1S/C25H34N2O2/c1-28-24-10-6-9-22(25(24)29-2)19-26-15-17-27(18-16-26)23-13-11-21(12-14-23)20-7-4-3-5-8-20/h3-10,21,23H,11-19H2,1-2H3. The Kier molecular flexibility index (Phi) is 6.73. The molecule has 1 aliphatic carbocycles. The van der Waals surface area contributed by atoms with Gasteiger partial charge in [-0.25, -0.2) is 0 Å². The smallest absolute Gasteiger partial charge is 0.165 e. The van der Waals surface area contributed by atoms with Gasteiger partial charge in [0.2, 0.25) is 0 Å². The number of hydrogen-bond donors (Lipinski definition) is 0. The molecule has 1 saturated carbocycles. The van der Waals surface area contributed by atoms with E-state index in [2.05, 4.69) is 52.3 Å². The number of para-hydroxylation sites is 1. The maximum Gasteiger partial charge on any atom is 0.165 e. The lowest BCUT2D eigenvalue weighted by Gasteiger charge is -2.42. The third-order valence-electron chi connectivity index (χ3n) is 6.77. The Morgan fingerprint density at radius 1 is 0.793 bits per heavy atom. The number of ether oxygens (including phenoxy) is 2. The second-order valence-electron chi connectivity index (χ2n) is 8.38. The van der Waals surface area contributed by atoms with Gasteiger partial charge in [-0.2, -0.15) is 0 Å². The molecule has 0 unspecified atom stereocenters. The van der Waals surface area contributed by atoms with E-state index >= 15 is 0 Å². The van der Waals surface area contributed by atoms with Gasteiger partial charge in [0.15, 0.2) is 11.5 Å². The van der Waals surface area contributed by atoms with Gasteiger partial charge in [-0.1, -0.05) is 42.5 Å². The molecule has 0 bridgehead atoms. The zero-order valence-corrected chi connectivity index (χ0v) is 17.8. The fourth-order valence-corrected chi connectivity index (χ4v) is 5.11. The van der Waals surface area contributed by atoms with Crippen molar-refractivity contribution in [3.63, 3.8) is 0 Å². The molecule has 2 fully saturated rings. The minimum Gasteiger partial charge on any atom is -0.493 e. The van der Waals surface area contributed by atoms with Crippen LogP contribution in [-0.4, -0.2) is 56.2 Å². The Morgan fingerprint density at radius 2 is 1.52 bits per heavy atom. The molecule has 1 heterocycles. The zero-order valence-electron chi connectivity index (χ0n) is 17.8. The zero-order chi connectivity index (χ0) is 20.1. The maximum atomic E-state index is 5.61. The van der Waals surface area contributed by atoms with Crippen LogP contribution in [0.5, 0.6) is 11.5 Å². The summed E-state index contributed by atoms with van der Waals surface area (Å²) < 4.78 is 11.1. The summed E-state index contributed by atoms with van der Waals surface area (Å²) in [6.07, 6.45) is 5.33. The molecule has 1 aliphatic heterocycles. The van der Waals surface area contributed by atoms with Crippen LogP contribution in [0.2, 0.25) is 0 Å². The van der Waals surface area contributed by atoms with Crippen LogP contribution in [-0.2, 0) is 6.54 Å². The molecule has 2 aromatic carbocycles. The molecule has 1 saturated heterocycles. The molecule has 0 amide bonds. The van der Waals surface area contributed by atoms with E-state index in [0.29, 0.717) is 0 Å². The molecular weight excluding hydrogens is 360 g/mol. The van der Waals surface area contributed by atoms with Crippen molar-refractivity contribution in [2.45, 2.75) is 44.2 Å². The Labute approximate surface area is 175 Å². The third-order valence-corrected chi connectivity index (χ3v) is 6.77. The first kappa shape index (κ1) is 20.2. The summed E-state index contributed by atoms with van der Waals surface area (Å²) in [7, 11) is 3.43. The number of benzene rings is 2. The van der Waals surface area contributed by atoms with Crippen molar-refractivity contribution in [3.8, 4) is 11.5 Å². The SMILES string of the molecule is COc1cccc(CN2CCN(C3CCC(c4ccccc4)CC3)CC2)c1OC. The number of hydrogen-bond acceptors (Lipinski definition) is 4. The summed E-state index contributed by atoms with van der Waals surface area (Å²) >= 11 is 0. The maximum absolute atomic E-state index is 5.61. The van der Waals surface area contributed by atoms with Crippen LogP contribution in [0.4, 0.5) is 0 Å². The highest BCUT2D eigenvalue weighted by molar-refractivity contribution is 5.46. The first-order valence-corrected chi connectivity index (χ1v) is 11.0. The lowest BCUT2D eigenvalue weighted by molar-refractivity contribution is 0.0723. The van der Waals surface area contributed by atoms with Gasteiger partial charge in [0.25, 0.3) is 0 Å². The van der Waals surface area contributed by atoms with Crippen LogP contribution in [0.3, 0.4) is 0 Å². The topological polar surface area (TPSA) is 24.9 Å². The molecule has 0 N–H and O–H groups in total. The molecule has 0 radical (unpaired) electrons. The monoisotopic (exact) mass is 394 g/mol. The van der Waals surface area contributed by atoms with E-state index in [-0.39, 0.29) is 0 Å². The van der Waals surface area contributed by atoms with Gasteiger partial charge in [0, 0.05) is 44.3 Å². The summed E-state index contributed by atoms with van der Waals surface area (Å²) in [5.74, 6) is 2.45. The highest BCUT2D eigenvalue weighted by atomic mass is 16.5. The van der Waals surface area contributed by atoms with Gasteiger partial charge in [-0.15, -0.1) is 0 Å². The Morgan fingerprint density at radius 3 is 2.17 bits per heavy atom. The van der Waals surface area contributed by atoms with Crippen molar-refractivity contribution in [2.75, 3.05) is 40.4 Å². The summed E-state index contributed by atoms with van der Waals surface area (Å²) in [5, 5.41) is 0. The Bertz CT molecular complexity index is 764. The lowest BCUT2D eigenvalue weighted by Crippen LogP contribution is -2.50. The van der Waals surface area contributed by atoms with Crippen LogP contribution in [0, 0.1) is 0 Å². The van der Waals surface area contributed by atoms with Crippen molar-refractivity contribution in [1.82, 2.24) is 9.80 Å². The van der Waals surface area contributed by atoms with E-state index in [1.165, 1.54) is 49.9 Å². The molecule has 4 nitrogen and oxygen atoms in total. The van der Waals surface area contributed by atoms with Crippen LogP contribution < -0.4 is 9.47 Å². The predicted octanol–water partition coefficient (Wildman–Crippen LogP) is 4.55. The van der Waals surface area contributed by atoms with Crippen molar-refractivity contribution < 1.29 is 9.47 Å². The first-order chi connectivity index (χ1) is 14.3. The van der Waals surface area contributed by atoms with Crippen LogP contribution in [0.1, 0.15) is 42.7 Å². The quantitative estimate of drug-likeness (QED) is 0.718. The van der Waals surface area contributed by atoms with E-state index < -0.39 is 0 Å².